The smallest absolute Gasteiger partial charge is 0.243 e. The Morgan fingerprint density at radius 1 is 1.08 bits per heavy atom. The molecular weight excluding hydrogens is 338 g/mol. The number of amidine groups is 1. The van der Waals surface area contributed by atoms with Crippen molar-refractivity contribution in [3.8, 4) is 0 Å². The molecule has 1 fully saturated rings. The molecule has 3 rings (SSSR count). The Kier molecular flexibility index (Phi) is 5.47. The number of nitrogens with one attached hydrogen (secondary N) is 1. The van der Waals surface area contributed by atoms with Gasteiger partial charge in [-0.2, -0.15) is 4.31 Å². The van der Waals surface area contributed by atoms with Gasteiger partial charge in [-0.25, -0.2) is 8.42 Å². The van der Waals surface area contributed by atoms with E-state index in [1.165, 1.54) is 4.31 Å². The Morgan fingerprint density at radius 2 is 1.80 bits per heavy atom. The average molecular weight is 359 g/mol. The van der Waals surface area contributed by atoms with E-state index in [1.54, 1.807) is 25.2 Å². The van der Waals surface area contributed by atoms with Crippen molar-refractivity contribution in [1.29, 1.82) is 0 Å². The third-order valence-corrected chi connectivity index (χ3v) is 5.87. The van der Waals surface area contributed by atoms with E-state index >= 15 is 0 Å². The Morgan fingerprint density at radius 3 is 2.48 bits per heavy atom. The number of aliphatic imine (C=N–C) groups is 1. The van der Waals surface area contributed by atoms with Crippen molar-refractivity contribution >= 4 is 21.5 Å². The van der Waals surface area contributed by atoms with Crippen LogP contribution in [-0.4, -0.2) is 51.9 Å². The summed E-state index contributed by atoms with van der Waals surface area (Å²) in [5.74, 6) is 0.682. The Labute approximate surface area is 148 Å². The number of ether oxygens (including phenoxy) is 1. The second-order valence-corrected chi connectivity index (χ2v) is 7.55. The van der Waals surface area contributed by atoms with Crippen LogP contribution in [0.15, 0.2) is 64.5 Å². The topological polar surface area (TPSA) is 71.0 Å². The van der Waals surface area contributed by atoms with Gasteiger partial charge in [-0.1, -0.05) is 36.4 Å². The zero-order valence-corrected chi connectivity index (χ0v) is 14.9. The van der Waals surface area contributed by atoms with Crippen LogP contribution < -0.4 is 5.32 Å². The highest BCUT2D eigenvalue weighted by molar-refractivity contribution is 7.89. The minimum Gasteiger partial charge on any atom is -0.379 e. The number of hydrogen-bond donors (Lipinski definition) is 1. The maximum atomic E-state index is 12.8. The van der Waals surface area contributed by atoms with Crippen molar-refractivity contribution < 1.29 is 13.2 Å². The van der Waals surface area contributed by atoms with Crippen LogP contribution in [0.2, 0.25) is 0 Å². The van der Waals surface area contributed by atoms with Crippen LogP contribution in [0.4, 0.5) is 5.69 Å². The first-order chi connectivity index (χ1) is 12.1. The largest absolute Gasteiger partial charge is 0.379 e. The standard InChI is InChI=1S/C18H21N3O3S/c1-19-18(15-6-3-2-4-7-15)20-16-8-5-9-17(14-16)25(22,23)21-10-12-24-13-11-21/h2-9,14H,10-13H2,1H3,(H,19,20). The number of nitrogens with zero attached hydrogens (tertiary/aromatic N) is 2. The molecule has 25 heavy (non-hydrogen) atoms. The van der Waals surface area contributed by atoms with E-state index in [1.807, 2.05) is 36.4 Å². The lowest BCUT2D eigenvalue weighted by atomic mass is 10.2. The van der Waals surface area contributed by atoms with Gasteiger partial charge in [-0.15, -0.1) is 0 Å². The van der Waals surface area contributed by atoms with E-state index in [0.717, 1.165) is 5.56 Å². The van der Waals surface area contributed by atoms with Gasteiger partial charge in [-0.3, -0.25) is 4.99 Å². The summed E-state index contributed by atoms with van der Waals surface area (Å²) in [4.78, 5) is 4.53. The fourth-order valence-electron chi connectivity index (χ4n) is 2.66. The predicted molar refractivity (Wildman–Crippen MR) is 98.5 cm³/mol. The summed E-state index contributed by atoms with van der Waals surface area (Å²) in [7, 11) is -1.82. The van der Waals surface area contributed by atoms with Crippen molar-refractivity contribution in [2.75, 3.05) is 38.7 Å². The van der Waals surface area contributed by atoms with Gasteiger partial charge in [0.15, 0.2) is 0 Å². The van der Waals surface area contributed by atoms with Crippen molar-refractivity contribution in [2.24, 2.45) is 4.99 Å². The molecule has 0 spiro atoms. The maximum absolute atomic E-state index is 12.8. The van der Waals surface area contributed by atoms with E-state index < -0.39 is 10.0 Å². The number of morpholine rings is 1. The van der Waals surface area contributed by atoms with Gasteiger partial charge in [0.05, 0.1) is 18.1 Å². The lowest BCUT2D eigenvalue weighted by molar-refractivity contribution is 0.0730. The van der Waals surface area contributed by atoms with Crippen LogP contribution in [0.5, 0.6) is 0 Å². The molecule has 1 heterocycles. The van der Waals surface area contributed by atoms with Crippen LogP contribution in [0, 0.1) is 0 Å². The summed E-state index contributed by atoms with van der Waals surface area (Å²) in [6, 6.07) is 16.5. The monoisotopic (exact) mass is 359 g/mol. The molecule has 0 unspecified atom stereocenters. The summed E-state index contributed by atoms with van der Waals surface area (Å²) in [6.07, 6.45) is 0. The maximum Gasteiger partial charge on any atom is 0.243 e. The Hall–Kier alpha value is -2.22. The zero-order valence-electron chi connectivity index (χ0n) is 14.1. The SMILES string of the molecule is CN=C(Nc1cccc(S(=O)(=O)N2CCOCC2)c1)c1ccccc1. The van der Waals surface area contributed by atoms with E-state index in [-0.39, 0.29) is 4.90 Å². The predicted octanol–water partition coefficient (Wildman–Crippen LogP) is 2.20. The van der Waals surface area contributed by atoms with Gasteiger partial charge in [0.2, 0.25) is 10.0 Å². The van der Waals surface area contributed by atoms with Crippen molar-refractivity contribution in [1.82, 2.24) is 4.31 Å². The molecule has 0 radical (unpaired) electrons. The summed E-state index contributed by atoms with van der Waals surface area (Å²) < 4.78 is 32.3. The lowest BCUT2D eigenvalue weighted by Crippen LogP contribution is -2.40. The molecule has 1 aliphatic heterocycles. The first-order valence-corrected chi connectivity index (χ1v) is 9.52. The van der Waals surface area contributed by atoms with Gasteiger partial charge in [0.25, 0.3) is 0 Å². The highest BCUT2D eigenvalue weighted by atomic mass is 32.2. The molecule has 0 bridgehead atoms. The summed E-state index contributed by atoms with van der Waals surface area (Å²) >= 11 is 0. The third-order valence-electron chi connectivity index (χ3n) is 3.98. The van der Waals surface area contributed by atoms with Crippen molar-refractivity contribution in [3.05, 3.63) is 60.2 Å². The molecule has 0 atom stereocenters. The second-order valence-electron chi connectivity index (χ2n) is 5.61. The minimum atomic E-state index is -3.52. The van der Waals surface area contributed by atoms with Gasteiger partial charge in [0, 0.05) is 31.4 Å². The molecule has 132 valence electrons. The summed E-state index contributed by atoms with van der Waals surface area (Å²) in [5, 5.41) is 3.20. The molecule has 0 aliphatic carbocycles. The molecule has 6 nitrogen and oxygen atoms in total. The van der Waals surface area contributed by atoms with Crippen LogP contribution in [0.1, 0.15) is 5.56 Å². The first kappa shape index (κ1) is 17.6. The Bertz CT molecular complexity index is 845. The minimum absolute atomic E-state index is 0.267. The van der Waals surface area contributed by atoms with Crippen LogP contribution in [0.3, 0.4) is 0 Å². The molecule has 1 saturated heterocycles. The normalized spacial score (nSPS) is 16.6. The van der Waals surface area contributed by atoms with E-state index in [2.05, 4.69) is 10.3 Å². The third kappa shape index (κ3) is 4.07. The highest BCUT2D eigenvalue weighted by Crippen LogP contribution is 2.21. The number of rotatable bonds is 4. The molecule has 1 N–H and O–H groups in total. The van der Waals surface area contributed by atoms with Crippen molar-refractivity contribution in [3.63, 3.8) is 0 Å². The quantitative estimate of drug-likeness (QED) is 0.671. The molecule has 0 amide bonds. The molecule has 0 saturated carbocycles. The van der Waals surface area contributed by atoms with E-state index in [0.29, 0.717) is 37.8 Å². The number of sulfonamides is 1. The molecule has 0 aromatic heterocycles. The number of benzene rings is 2. The highest BCUT2D eigenvalue weighted by Gasteiger charge is 2.26. The van der Waals surface area contributed by atoms with Crippen LogP contribution in [-0.2, 0) is 14.8 Å². The molecular formula is C18H21N3O3S. The first-order valence-electron chi connectivity index (χ1n) is 8.08. The number of anilines is 1. The Balaban J connectivity index is 1.84. The molecule has 7 heteroatoms. The zero-order chi connectivity index (χ0) is 17.7. The van der Waals surface area contributed by atoms with Crippen LogP contribution >= 0.6 is 0 Å². The van der Waals surface area contributed by atoms with Gasteiger partial charge >= 0.3 is 0 Å². The molecule has 2 aromatic rings. The number of hydrogen-bond acceptors (Lipinski definition) is 4. The van der Waals surface area contributed by atoms with Crippen molar-refractivity contribution in [2.45, 2.75) is 4.90 Å². The summed E-state index contributed by atoms with van der Waals surface area (Å²) in [5.41, 5.74) is 1.62. The summed E-state index contributed by atoms with van der Waals surface area (Å²) in [6.45, 7) is 1.62. The lowest BCUT2D eigenvalue weighted by Gasteiger charge is -2.26. The second kappa shape index (κ2) is 7.77. The van der Waals surface area contributed by atoms with Gasteiger partial charge in [-0.05, 0) is 18.2 Å². The fraction of sp³-hybridized carbons (Fsp3) is 0.278. The fourth-order valence-corrected chi connectivity index (χ4v) is 4.11. The molecule has 1 aliphatic rings. The van der Waals surface area contributed by atoms with Gasteiger partial charge in [0.1, 0.15) is 5.84 Å². The van der Waals surface area contributed by atoms with Gasteiger partial charge < -0.3 is 10.1 Å². The average Bonchev–Trinajstić information content (AvgIpc) is 2.67. The molecule has 2 aromatic carbocycles. The van der Waals surface area contributed by atoms with E-state index in [9.17, 15) is 8.42 Å². The van der Waals surface area contributed by atoms with Crippen LogP contribution in [0.25, 0.3) is 0 Å². The van der Waals surface area contributed by atoms with E-state index in [4.69, 9.17) is 4.74 Å².